The van der Waals surface area contributed by atoms with Crippen molar-refractivity contribution in [1.82, 2.24) is 0 Å². The van der Waals surface area contributed by atoms with Crippen LogP contribution in [0.4, 0.5) is 0 Å². The molecule has 72 valence electrons. The zero-order chi connectivity index (χ0) is 9.90. The van der Waals surface area contributed by atoms with Crippen LogP contribution in [0.2, 0.25) is 0 Å². The molecule has 0 radical (unpaired) electrons. The van der Waals surface area contributed by atoms with Gasteiger partial charge in [-0.15, -0.1) is 0 Å². The summed E-state index contributed by atoms with van der Waals surface area (Å²) >= 11 is 0. The molecule has 0 amide bonds. The van der Waals surface area contributed by atoms with Crippen LogP contribution < -0.4 is 4.43 Å². The summed E-state index contributed by atoms with van der Waals surface area (Å²) in [7, 11) is 2.45. The Bertz CT molecular complexity index is 267. The Labute approximate surface area is 82.4 Å². The minimum atomic E-state index is -0.219. The number of benzene rings is 1. The Morgan fingerprint density at radius 1 is 1.15 bits per heavy atom. The van der Waals surface area contributed by atoms with E-state index in [0.29, 0.717) is 0 Å². The summed E-state index contributed by atoms with van der Waals surface area (Å²) in [5.74, 6) is 0.933. The van der Waals surface area contributed by atoms with E-state index in [4.69, 9.17) is 9.16 Å². The molecule has 0 aliphatic heterocycles. The molecule has 2 nitrogen and oxygen atoms in total. The van der Waals surface area contributed by atoms with E-state index in [1.165, 1.54) is 0 Å². The van der Waals surface area contributed by atoms with Gasteiger partial charge in [0.25, 0.3) is 0 Å². The van der Waals surface area contributed by atoms with Crippen LogP contribution in [0.3, 0.4) is 0 Å². The minimum Gasteiger partial charge on any atom is -0.553 e. The molecule has 0 aromatic heterocycles. The molecule has 1 rings (SSSR count). The van der Waals surface area contributed by atoms with Crippen LogP contribution in [0.25, 0.3) is 0 Å². The molecule has 1 aromatic rings. The molecule has 0 saturated heterocycles. The molecular formula is C10H16O2Si. The van der Waals surface area contributed by atoms with E-state index in [2.05, 4.69) is 0 Å². The molecular weight excluding hydrogens is 180 g/mol. The molecule has 0 bridgehead atoms. The van der Waals surface area contributed by atoms with Crippen LogP contribution in [0.1, 0.15) is 19.4 Å². The lowest BCUT2D eigenvalue weighted by molar-refractivity contribution is 0.0192. The maximum absolute atomic E-state index is 5.37. The first-order valence-electron chi connectivity index (χ1n) is 4.30. The van der Waals surface area contributed by atoms with Gasteiger partial charge in [0, 0.05) is 7.11 Å². The van der Waals surface area contributed by atoms with Gasteiger partial charge in [-0.2, -0.15) is 0 Å². The van der Waals surface area contributed by atoms with Crippen molar-refractivity contribution in [2.24, 2.45) is 0 Å². The molecule has 0 unspecified atom stereocenters. The summed E-state index contributed by atoms with van der Waals surface area (Å²) in [5, 5.41) is 0. The second-order valence-corrected chi connectivity index (χ2v) is 3.85. The summed E-state index contributed by atoms with van der Waals surface area (Å²) in [4.78, 5) is 0. The Morgan fingerprint density at radius 3 is 2.08 bits per heavy atom. The van der Waals surface area contributed by atoms with E-state index < -0.39 is 0 Å². The fraction of sp³-hybridized carbons (Fsp3) is 0.400. The number of methoxy groups -OCH3 is 1. The second kappa shape index (κ2) is 3.94. The summed E-state index contributed by atoms with van der Waals surface area (Å²) in [6, 6.07) is 8.03. The quantitative estimate of drug-likeness (QED) is 0.677. The summed E-state index contributed by atoms with van der Waals surface area (Å²) in [6.07, 6.45) is 0. The van der Waals surface area contributed by atoms with Gasteiger partial charge in [-0.1, -0.05) is 12.1 Å². The standard InChI is InChI=1S/C10H16O2Si/c1-10(2,11-3)8-4-6-9(12-13)7-5-8/h4-7H,1-3,13H3. The lowest BCUT2D eigenvalue weighted by Gasteiger charge is -2.23. The van der Waals surface area contributed by atoms with Gasteiger partial charge in [-0.25, -0.2) is 0 Å². The highest BCUT2D eigenvalue weighted by atomic mass is 28.2. The zero-order valence-corrected chi connectivity index (χ0v) is 10.6. The van der Waals surface area contributed by atoms with Gasteiger partial charge >= 0.3 is 0 Å². The highest BCUT2D eigenvalue weighted by Crippen LogP contribution is 2.25. The van der Waals surface area contributed by atoms with Crippen molar-refractivity contribution in [2.75, 3.05) is 7.11 Å². The summed E-state index contributed by atoms with van der Waals surface area (Å²) in [6.45, 7) is 4.09. The van der Waals surface area contributed by atoms with Crippen LogP contribution >= 0.6 is 0 Å². The van der Waals surface area contributed by atoms with Crippen molar-refractivity contribution < 1.29 is 9.16 Å². The van der Waals surface area contributed by atoms with Gasteiger partial charge in [0.05, 0.1) is 5.60 Å². The molecule has 1 aromatic carbocycles. The predicted octanol–water partition coefficient (Wildman–Crippen LogP) is 1.23. The summed E-state index contributed by atoms with van der Waals surface area (Å²) < 4.78 is 10.6. The maximum Gasteiger partial charge on any atom is 0.204 e. The van der Waals surface area contributed by atoms with Crippen molar-refractivity contribution in [3.05, 3.63) is 29.8 Å². The topological polar surface area (TPSA) is 18.5 Å². The average Bonchev–Trinajstić information content (AvgIpc) is 2.18. The van der Waals surface area contributed by atoms with E-state index in [9.17, 15) is 0 Å². The van der Waals surface area contributed by atoms with Gasteiger partial charge in [0.1, 0.15) is 5.75 Å². The fourth-order valence-electron chi connectivity index (χ4n) is 1.11. The van der Waals surface area contributed by atoms with E-state index in [1.807, 2.05) is 38.1 Å². The molecule has 0 atom stereocenters. The lowest BCUT2D eigenvalue weighted by atomic mass is 9.98. The van der Waals surface area contributed by atoms with E-state index in [0.717, 1.165) is 21.8 Å². The van der Waals surface area contributed by atoms with Crippen molar-refractivity contribution in [3.63, 3.8) is 0 Å². The number of hydrogen-bond acceptors (Lipinski definition) is 2. The molecule has 0 aliphatic rings. The Kier molecular flexibility index (Phi) is 3.11. The lowest BCUT2D eigenvalue weighted by Crippen LogP contribution is -2.19. The molecule has 0 saturated carbocycles. The SMILES string of the molecule is COC(C)(C)c1ccc(O[SiH3])cc1. The first-order valence-corrected chi connectivity index (χ1v) is 5.11. The second-order valence-electron chi connectivity index (χ2n) is 3.44. The zero-order valence-electron chi connectivity index (χ0n) is 8.63. The first kappa shape index (κ1) is 10.3. The molecule has 3 heteroatoms. The maximum atomic E-state index is 5.37. The van der Waals surface area contributed by atoms with E-state index >= 15 is 0 Å². The molecule has 0 fully saturated rings. The van der Waals surface area contributed by atoms with Crippen LogP contribution in [-0.4, -0.2) is 17.6 Å². The smallest absolute Gasteiger partial charge is 0.204 e. The normalized spacial score (nSPS) is 11.6. The number of hydrogen-bond donors (Lipinski definition) is 0. The Morgan fingerprint density at radius 2 is 1.69 bits per heavy atom. The molecule has 0 heterocycles. The fourth-order valence-corrected chi connectivity index (χ4v) is 1.38. The van der Waals surface area contributed by atoms with Gasteiger partial charge in [0.2, 0.25) is 10.5 Å². The van der Waals surface area contributed by atoms with Crippen molar-refractivity contribution in [1.29, 1.82) is 0 Å². The average molecular weight is 196 g/mol. The summed E-state index contributed by atoms with van der Waals surface area (Å²) in [5.41, 5.74) is 0.946. The van der Waals surface area contributed by atoms with E-state index in [1.54, 1.807) is 7.11 Å². The first-order chi connectivity index (χ1) is 6.10. The number of ether oxygens (including phenoxy) is 1. The van der Waals surface area contributed by atoms with Gasteiger partial charge in [-0.05, 0) is 31.5 Å². The van der Waals surface area contributed by atoms with Crippen molar-refractivity contribution >= 4 is 10.5 Å². The van der Waals surface area contributed by atoms with Crippen molar-refractivity contribution in [3.8, 4) is 5.75 Å². The largest absolute Gasteiger partial charge is 0.553 e. The monoisotopic (exact) mass is 196 g/mol. The predicted molar refractivity (Wildman–Crippen MR) is 57.0 cm³/mol. The Balaban J connectivity index is 2.92. The van der Waals surface area contributed by atoms with Crippen LogP contribution in [-0.2, 0) is 10.3 Å². The highest BCUT2D eigenvalue weighted by Gasteiger charge is 2.18. The van der Waals surface area contributed by atoms with Gasteiger partial charge in [0.15, 0.2) is 0 Å². The molecule has 0 spiro atoms. The third-order valence-corrected chi connectivity index (χ3v) is 2.77. The molecule has 0 N–H and O–H groups in total. The molecule has 13 heavy (non-hydrogen) atoms. The third kappa shape index (κ3) is 2.32. The van der Waals surface area contributed by atoms with Crippen LogP contribution in [0, 0.1) is 0 Å². The molecule has 0 aliphatic carbocycles. The number of rotatable bonds is 3. The minimum absolute atomic E-state index is 0.219. The van der Waals surface area contributed by atoms with Crippen molar-refractivity contribution in [2.45, 2.75) is 19.4 Å². The Hall–Kier alpha value is -0.803. The van der Waals surface area contributed by atoms with Crippen LogP contribution in [0.5, 0.6) is 5.75 Å². The van der Waals surface area contributed by atoms with Crippen LogP contribution in [0.15, 0.2) is 24.3 Å². The third-order valence-electron chi connectivity index (χ3n) is 2.30. The van der Waals surface area contributed by atoms with Gasteiger partial charge in [-0.3, -0.25) is 0 Å². The van der Waals surface area contributed by atoms with E-state index in [-0.39, 0.29) is 5.60 Å². The highest BCUT2D eigenvalue weighted by molar-refractivity contribution is 5.99. The van der Waals surface area contributed by atoms with Gasteiger partial charge < -0.3 is 9.16 Å².